The van der Waals surface area contributed by atoms with Gasteiger partial charge >= 0.3 is 12.4 Å². The number of hydrogen-bond donors (Lipinski definition) is 3. The van der Waals surface area contributed by atoms with Crippen molar-refractivity contribution in [1.82, 2.24) is 10.7 Å². The number of amidine groups is 2. The van der Waals surface area contributed by atoms with E-state index in [0.29, 0.717) is 0 Å². The Morgan fingerprint density at radius 3 is 2.08 bits per heavy atom. The lowest BCUT2D eigenvalue weighted by Gasteiger charge is -2.25. The molecule has 1 atom stereocenters. The van der Waals surface area contributed by atoms with Crippen molar-refractivity contribution < 1.29 is 26.3 Å². The number of halogens is 8. The maximum atomic E-state index is 13.2. The van der Waals surface area contributed by atoms with Gasteiger partial charge in [-0.2, -0.15) is 31.8 Å². The molecule has 3 rings (SSSR count). The zero-order chi connectivity index (χ0) is 19.4. The van der Waals surface area contributed by atoms with Crippen LogP contribution in [0.3, 0.4) is 0 Å². The van der Waals surface area contributed by atoms with Crippen LogP contribution in [0.5, 0.6) is 0 Å². The quantitative estimate of drug-likeness (QED) is 0.605. The van der Waals surface area contributed by atoms with E-state index in [-0.39, 0.29) is 15.7 Å². The van der Waals surface area contributed by atoms with Crippen LogP contribution < -0.4 is 15.8 Å². The number of alkyl halides is 6. The van der Waals surface area contributed by atoms with Crippen LogP contribution in [0.2, 0.25) is 10.0 Å². The predicted molar refractivity (Wildman–Crippen MR) is 83.3 cm³/mol. The molecule has 1 unspecified atom stereocenters. The van der Waals surface area contributed by atoms with Crippen LogP contribution in [-0.2, 0) is 0 Å². The van der Waals surface area contributed by atoms with Gasteiger partial charge in [-0.05, 0) is 18.2 Å². The van der Waals surface area contributed by atoms with E-state index in [4.69, 9.17) is 28.6 Å². The topological polar surface area (TPSA) is 63.5 Å². The molecule has 5 nitrogen and oxygen atoms in total. The molecule has 0 amide bonds. The van der Waals surface area contributed by atoms with Crippen molar-refractivity contribution in [3.05, 3.63) is 39.5 Å². The summed E-state index contributed by atoms with van der Waals surface area (Å²) in [7, 11) is 0. The smallest absolute Gasteiger partial charge is 0.332 e. The van der Waals surface area contributed by atoms with E-state index in [0.717, 1.165) is 5.01 Å². The van der Waals surface area contributed by atoms with E-state index < -0.39 is 41.5 Å². The molecule has 2 heterocycles. The first kappa shape index (κ1) is 18.8. The molecule has 3 N–H and O–H groups in total. The Balaban J connectivity index is 2.10. The van der Waals surface area contributed by atoms with Gasteiger partial charge in [-0.1, -0.05) is 23.2 Å². The normalized spacial score (nSPS) is 20.9. The average Bonchev–Trinajstić information content (AvgIpc) is 2.81. The summed E-state index contributed by atoms with van der Waals surface area (Å²) in [5, 5.41) is 10.3. The summed E-state index contributed by atoms with van der Waals surface area (Å²) in [5.74, 6) is -2.55. The standard InChI is InChI=1S/C13H7Cl2F6N5/c14-4-1-5(15)3-6(2-4)26-9(22)7-8(12(16,17)18)23-11(13(19,20)21)24-10(7)25-26/h1-3,10,22,25H,(H,23,24). The number of aliphatic imine (C=N–C) groups is 1. The van der Waals surface area contributed by atoms with E-state index in [1.807, 2.05) is 0 Å². The van der Waals surface area contributed by atoms with Crippen molar-refractivity contribution in [2.24, 2.45) is 4.99 Å². The maximum absolute atomic E-state index is 13.2. The van der Waals surface area contributed by atoms with Gasteiger partial charge in [0.2, 0.25) is 5.84 Å². The molecule has 1 fully saturated rings. The summed E-state index contributed by atoms with van der Waals surface area (Å²) in [5.41, 5.74) is -0.0937. The zero-order valence-electron chi connectivity index (χ0n) is 12.2. The molecule has 1 saturated heterocycles. The molecule has 0 radical (unpaired) electrons. The molecular weight excluding hydrogens is 411 g/mol. The molecule has 0 aliphatic carbocycles. The van der Waals surface area contributed by atoms with Crippen LogP contribution in [0.1, 0.15) is 0 Å². The number of hydrazine groups is 1. The minimum atomic E-state index is -5.16. The first-order chi connectivity index (χ1) is 11.9. The number of nitrogens with zero attached hydrogens (tertiary/aromatic N) is 2. The molecular formula is C13H7Cl2F6N5. The summed E-state index contributed by atoms with van der Waals surface area (Å²) >= 11 is 11.6. The van der Waals surface area contributed by atoms with Crippen molar-refractivity contribution in [1.29, 1.82) is 5.41 Å². The highest BCUT2D eigenvalue weighted by molar-refractivity contribution is 6.35. The SMILES string of the molecule is N=C1C2=C(C(F)(F)F)NC(C(F)(F)F)=NC2NN1c1cc(Cl)cc(Cl)c1. The minimum Gasteiger partial charge on any atom is -0.332 e. The molecule has 2 aliphatic heterocycles. The van der Waals surface area contributed by atoms with Gasteiger partial charge in [0.15, 0.2) is 0 Å². The van der Waals surface area contributed by atoms with Gasteiger partial charge in [-0.15, -0.1) is 0 Å². The zero-order valence-corrected chi connectivity index (χ0v) is 13.7. The Morgan fingerprint density at radius 1 is 1.00 bits per heavy atom. The summed E-state index contributed by atoms with van der Waals surface area (Å²) in [6, 6.07) is 3.91. The second kappa shape index (κ2) is 6.03. The van der Waals surface area contributed by atoms with Crippen molar-refractivity contribution in [3.63, 3.8) is 0 Å². The van der Waals surface area contributed by atoms with Crippen LogP contribution in [0.25, 0.3) is 0 Å². The number of rotatable bonds is 1. The molecule has 1 aromatic carbocycles. The number of fused-ring (bicyclic) bond motifs is 1. The Morgan fingerprint density at radius 2 is 1.58 bits per heavy atom. The third-order valence-electron chi connectivity index (χ3n) is 3.43. The average molecular weight is 418 g/mol. The minimum absolute atomic E-state index is 0.0692. The Kier molecular flexibility index (Phi) is 4.36. The van der Waals surface area contributed by atoms with Crippen LogP contribution in [0, 0.1) is 5.41 Å². The van der Waals surface area contributed by atoms with Gasteiger partial charge in [0.05, 0.1) is 11.3 Å². The fourth-order valence-electron chi connectivity index (χ4n) is 2.44. The first-order valence-electron chi connectivity index (χ1n) is 6.72. The molecule has 0 spiro atoms. The summed E-state index contributed by atoms with van der Waals surface area (Å²) in [6.07, 6.45) is -12.0. The Labute approximate surface area is 151 Å². The lowest BCUT2D eigenvalue weighted by Crippen LogP contribution is -2.47. The number of allylic oxidation sites excluding steroid dienone is 1. The molecule has 2 aliphatic rings. The van der Waals surface area contributed by atoms with Crippen molar-refractivity contribution >= 4 is 40.6 Å². The van der Waals surface area contributed by atoms with Gasteiger partial charge in [0.25, 0.3) is 0 Å². The van der Waals surface area contributed by atoms with E-state index in [9.17, 15) is 26.3 Å². The number of hydrogen-bond acceptors (Lipinski definition) is 4. The van der Waals surface area contributed by atoms with Crippen LogP contribution in [-0.4, -0.2) is 30.2 Å². The van der Waals surface area contributed by atoms with E-state index in [2.05, 4.69) is 10.4 Å². The molecule has 1 aromatic rings. The Bertz CT molecular complexity index is 824. The monoisotopic (exact) mass is 417 g/mol. The van der Waals surface area contributed by atoms with E-state index >= 15 is 0 Å². The lowest BCUT2D eigenvalue weighted by molar-refractivity contribution is -0.0987. The fourth-order valence-corrected chi connectivity index (χ4v) is 2.95. The predicted octanol–water partition coefficient (Wildman–Crippen LogP) is 4.00. The summed E-state index contributed by atoms with van der Waals surface area (Å²) < 4.78 is 78.3. The highest BCUT2D eigenvalue weighted by Crippen LogP contribution is 2.37. The second-order valence-corrected chi connectivity index (χ2v) is 6.10. The third-order valence-corrected chi connectivity index (χ3v) is 3.87. The van der Waals surface area contributed by atoms with Crippen LogP contribution in [0.4, 0.5) is 32.0 Å². The van der Waals surface area contributed by atoms with Crippen molar-refractivity contribution in [2.75, 3.05) is 5.01 Å². The molecule has 0 bridgehead atoms. The van der Waals surface area contributed by atoms with E-state index in [1.54, 1.807) is 0 Å². The first-order valence-corrected chi connectivity index (χ1v) is 7.48. The van der Waals surface area contributed by atoms with Gasteiger partial charge < -0.3 is 5.32 Å². The maximum Gasteiger partial charge on any atom is 0.449 e. The highest BCUT2D eigenvalue weighted by Gasteiger charge is 2.51. The van der Waals surface area contributed by atoms with Gasteiger partial charge in [0, 0.05) is 10.0 Å². The molecule has 26 heavy (non-hydrogen) atoms. The summed E-state index contributed by atoms with van der Waals surface area (Å²) in [6.45, 7) is 0. The van der Waals surface area contributed by atoms with Gasteiger partial charge in [-0.3, -0.25) is 10.4 Å². The molecule has 13 heteroatoms. The second-order valence-electron chi connectivity index (χ2n) is 5.23. The number of benzene rings is 1. The van der Waals surface area contributed by atoms with Crippen LogP contribution >= 0.6 is 23.2 Å². The summed E-state index contributed by atoms with van der Waals surface area (Å²) in [4.78, 5) is 3.21. The largest absolute Gasteiger partial charge is 0.449 e. The fraction of sp³-hybridized carbons (Fsp3) is 0.231. The van der Waals surface area contributed by atoms with Crippen LogP contribution in [0.15, 0.2) is 34.5 Å². The molecule has 140 valence electrons. The number of nitrogens with one attached hydrogen (secondary N) is 3. The van der Waals surface area contributed by atoms with Gasteiger partial charge in [0.1, 0.15) is 17.7 Å². The van der Waals surface area contributed by atoms with Crippen molar-refractivity contribution in [3.8, 4) is 0 Å². The highest BCUT2D eigenvalue weighted by atomic mass is 35.5. The molecule has 0 saturated carbocycles. The van der Waals surface area contributed by atoms with Gasteiger partial charge in [-0.25, -0.2) is 4.99 Å². The lowest BCUT2D eigenvalue weighted by atomic mass is 10.1. The Hall–Kier alpha value is -1.98. The van der Waals surface area contributed by atoms with E-state index in [1.165, 1.54) is 23.5 Å². The van der Waals surface area contributed by atoms with Crippen molar-refractivity contribution in [2.45, 2.75) is 18.5 Å². The molecule has 0 aromatic heterocycles. The number of anilines is 1. The third kappa shape index (κ3) is 3.33.